The van der Waals surface area contributed by atoms with E-state index in [4.69, 9.17) is 4.74 Å². The third-order valence-corrected chi connectivity index (χ3v) is 2.95. The van der Waals surface area contributed by atoms with Crippen molar-refractivity contribution < 1.29 is 9.53 Å². The highest BCUT2D eigenvalue weighted by atomic mass is 16.5. The van der Waals surface area contributed by atoms with E-state index < -0.39 is 5.41 Å². The van der Waals surface area contributed by atoms with Crippen LogP contribution in [0.3, 0.4) is 0 Å². The maximum absolute atomic E-state index is 11.6. The number of esters is 1. The molecular weight excluding hydrogens is 248 g/mol. The molecule has 0 aliphatic carbocycles. The van der Waals surface area contributed by atoms with Crippen molar-refractivity contribution in [3.05, 3.63) is 72.3 Å². The minimum absolute atomic E-state index is 0.175. The van der Waals surface area contributed by atoms with E-state index in [0.717, 1.165) is 5.56 Å². The van der Waals surface area contributed by atoms with Crippen molar-refractivity contribution >= 4 is 5.97 Å². The summed E-state index contributed by atoms with van der Waals surface area (Å²) in [6.07, 6.45) is 0. The fourth-order valence-electron chi connectivity index (χ4n) is 1.67. The Morgan fingerprint density at radius 3 is 1.70 bits per heavy atom. The Morgan fingerprint density at radius 2 is 1.30 bits per heavy atom. The second kappa shape index (κ2) is 8.16. The van der Waals surface area contributed by atoms with Gasteiger partial charge >= 0.3 is 5.97 Å². The first kappa shape index (κ1) is 16.0. The van der Waals surface area contributed by atoms with Crippen LogP contribution < -0.4 is 0 Å². The molecule has 0 aliphatic rings. The zero-order valence-electron chi connectivity index (χ0n) is 12.4. The van der Waals surface area contributed by atoms with E-state index in [2.05, 4.69) is 0 Å². The molecule has 106 valence electrons. The van der Waals surface area contributed by atoms with Crippen molar-refractivity contribution in [2.24, 2.45) is 0 Å². The summed E-state index contributed by atoms with van der Waals surface area (Å²) in [6.45, 7) is 5.99. The molecule has 2 rings (SSSR count). The Morgan fingerprint density at radius 1 is 0.900 bits per heavy atom. The van der Waals surface area contributed by atoms with Crippen LogP contribution in [-0.4, -0.2) is 12.6 Å². The Balaban J connectivity index is 0.000000276. The van der Waals surface area contributed by atoms with Gasteiger partial charge in [-0.15, -0.1) is 0 Å². The molecule has 2 nitrogen and oxygen atoms in total. The molecule has 2 aromatic rings. The molecule has 2 aromatic carbocycles. The lowest BCUT2D eigenvalue weighted by atomic mass is 9.85. The van der Waals surface area contributed by atoms with E-state index in [1.165, 1.54) is 0 Å². The van der Waals surface area contributed by atoms with Crippen LogP contribution >= 0.6 is 0 Å². The van der Waals surface area contributed by atoms with Crippen LogP contribution in [0.4, 0.5) is 0 Å². The van der Waals surface area contributed by atoms with Crippen LogP contribution in [0.1, 0.15) is 26.3 Å². The molecule has 0 atom stereocenters. The highest BCUT2D eigenvalue weighted by Gasteiger charge is 2.30. The highest BCUT2D eigenvalue weighted by Crippen LogP contribution is 2.24. The zero-order valence-corrected chi connectivity index (χ0v) is 12.4. The fraction of sp³-hybridized carbons (Fsp3) is 0.278. The van der Waals surface area contributed by atoms with Crippen LogP contribution in [-0.2, 0) is 14.9 Å². The number of benzene rings is 2. The molecule has 20 heavy (non-hydrogen) atoms. The smallest absolute Gasteiger partial charge is 0.315 e. The Hall–Kier alpha value is -2.09. The minimum Gasteiger partial charge on any atom is -0.465 e. The highest BCUT2D eigenvalue weighted by molar-refractivity contribution is 5.82. The SMILES string of the molecule is CCOC(=O)C(C)(C)c1ccccc1.c1ccccc1. The normalized spacial score (nSPS) is 10.2. The largest absolute Gasteiger partial charge is 0.465 e. The standard InChI is InChI=1S/C12H16O2.C6H6/c1-4-14-11(13)12(2,3)10-8-6-5-7-9-10;1-2-4-6-5-3-1/h5-9H,4H2,1-3H3;1-6H. The lowest BCUT2D eigenvalue weighted by Gasteiger charge is -2.22. The van der Waals surface area contributed by atoms with Gasteiger partial charge < -0.3 is 4.74 Å². The van der Waals surface area contributed by atoms with Gasteiger partial charge in [-0.05, 0) is 26.3 Å². The molecule has 0 bridgehead atoms. The number of carbonyl (C=O) groups is 1. The summed E-state index contributed by atoms with van der Waals surface area (Å²) in [5.74, 6) is -0.175. The van der Waals surface area contributed by atoms with Gasteiger partial charge in [0.1, 0.15) is 0 Å². The summed E-state index contributed by atoms with van der Waals surface area (Å²) in [6, 6.07) is 21.7. The fourth-order valence-corrected chi connectivity index (χ4v) is 1.67. The summed E-state index contributed by atoms with van der Waals surface area (Å²) >= 11 is 0. The maximum Gasteiger partial charge on any atom is 0.315 e. The molecular formula is C18H22O2. The van der Waals surface area contributed by atoms with Gasteiger partial charge in [-0.25, -0.2) is 0 Å². The topological polar surface area (TPSA) is 26.3 Å². The quantitative estimate of drug-likeness (QED) is 0.781. The van der Waals surface area contributed by atoms with Crippen LogP contribution in [0.2, 0.25) is 0 Å². The molecule has 2 heteroatoms. The molecule has 0 aliphatic heterocycles. The van der Waals surface area contributed by atoms with Gasteiger partial charge in [0.15, 0.2) is 0 Å². The molecule has 0 amide bonds. The van der Waals surface area contributed by atoms with Crippen molar-refractivity contribution in [1.29, 1.82) is 0 Å². The van der Waals surface area contributed by atoms with E-state index in [-0.39, 0.29) is 5.97 Å². The zero-order chi connectivity index (χ0) is 14.8. The first-order chi connectivity index (χ1) is 9.59. The summed E-state index contributed by atoms with van der Waals surface area (Å²) in [5.41, 5.74) is 0.426. The van der Waals surface area contributed by atoms with Crippen LogP contribution in [0, 0.1) is 0 Å². The first-order valence-corrected chi connectivity index (χ1v) is 6.81. The first-order valence-electron chi connectivity index (χ1n) is 6.81. The Bertz CT molecular complexity index is 463. The van der Waals surface area contributed by atoms with E-state index >= 15 is 0 Å². The molecule has 0 aromatic heterocycles. The molecule has 0 radical (unpaired) electrons. The Kier molecular flexibility index (Phi) is 6.51. The molecule has 0 N–H and O–H groups in total. The molecule has 0 saturated carbocycles. The van der Waals surface area contributed by atoms with Gasteiger partial charge in [0.2, 0.25) is 0 Å². The monoisotopic (exact) mass is 270 g/mol. The lowest BCUT2D eigenvalue weighted by Crippen LogP contribution is -2.30. The number of hydrogen-bond donors (Lipinski definition) is 0. The summed E-state index contributed by atoms with van der Waals surface area (Å²) in [7, 11) is 0. The average molecular weight is 270 g/mol. The molecule has 0 fully saturated rings. The van der Waals surface area contributed by atoms with Crippen molar-refractivity contribution in [3.63, 3.8) is 0 Å². The van der Waals surface area contributed by atoms with Crippen LogP contribution in [0.25, 0.3) is 0 Å². The van der Waals surface area contributed by atoms with Crippen molar-refractivity contribution in [1.82, 2.24) is 0 Å². The van der Waals surface area contributed by atoms with Crippen molar-refractivity contribution in [3.8, 4) is 0 Å². The second-order valence-corrected chi connectivity index (χ2v) is 4.87. The van der Waals surface area contributed by atoms with Crippen molar-refractivity contribution in [2.75, 3.05) is 6.61 Å². The van der Waals surface area contributed by atoms with E-state index in [1.54, 1.807) is 0 Å². The average Bonchev–Trinajstić information content (AvgIpc) is 2.51. The third-order valence-electron chi connectivity index (χ3n) is 2.95. The van der Waals surface area contributed by atoms with Crippen molar-refractivity contribution in [2.45, 2.75) is 26.2 Å². The lowest BCUT2D eigenvalue weighted by molar-refractivity contribution is -0.148. The number of rotatable bonds is 3. The van der Waals surface area contributed by atoms with Gasteiger partial charge in [0, 0.05) is 0 Å². The third kappa shape index (κ3) is 4.88. The van der Waals surface area contributed by atoms with E-state index in [0.29, 0.717) is 6.61 Å². The number of hydrogen-bond acceptors (Lipinski definition) is 2. The predicted octanol–water partition coefficient (Wildman–Crippen LogP) is 4.21. The molecule has 0 heterocycles. The van der Waals surface area contributed by atoms with Crippen LogP contribution in [0.15, 0.2) is 66.7 Å². The molecule has 0 spiro atoms. The van der Waals surface area contributed by atoms with Crippen LogP contribution in [0.5, 0.6) is 0 Å². The number of ether oxygens (including phenoxy) is 1. The van der Waals surface area contributed by atoms with E-state index in [1.807, 2.05) is 87.5 Å². The van der Waals surface area contributed by atoms with Gasteiger partial charge in [0.25, 0.3) is 0 Å². The molecule has 0 saturated heterocycles. The van der Waals surface area contributed by atoms with E-state index in [9.17, 15) is 4.79 Å². The van der Waals surface area contributed by atoms with Gasteiger partial charge in [0.05, 0.1) is 12.0 Å². The number of carbonyl (C=O) groups excluding carboxylic acids is 1. The summed E-state index contributed by atoms with van der Waals surface area (Å²) < 4.78 is 5.02. The minimum atomic E-state index is -0.558. The molecule has 0 unspecified atom stereocenters. The summed E-state index contributed by atoms with van der Waals surface area (Å²) in [5, 5.41) is 0. The Labute approximate surface area is 121 Å². The van der Waals surface area contributed by atoms with Gasteiger partial charge in [-0.2, -0.15) is 0 Å². The van der Waals surface area contributed by atoms with Gasteiger partial charge in [-0.1, -0.05) is 66.7 Å². The predicted molar refractivity (Wildman–Crippen MR) is 82.5 cm³/mol. The maximum atomic E-state index is 11.6. The van der Waals surface area contributed by atoms with Gasteiger partial charge in [-0.3, -0.25) is 4.79 Å². The second-order valence-electron chi connectivity index (χ2n) is 4.87. The summed E-state index contributed by atoms with van der Waals surface area (Å²) in [4.78, 5) is 11.6.